The largest absolute Gasteiger partial charge is 0.481 e. The molecule has 21 heavy (non-hydrogen) atoms. The van der Waals surface area contributed by atoms with E-state index < -0.39 is 11.9 Å². The molecule has 0 saturated heterocycles. The van der Waals surface area contributed by atoms with E-state index in [1.54, 1.807) is 12.4 Å². The average molecular weight is 290 g/mol. The van der Waals surface area contributed by atoms with Gasteiger partial charge in [-0.2, -0.15) is 0 Å². The molecule has 0 spiro atoms. The molecule has 1 unspecified atom stereocenters. The van der Waals surface area contributed by atoms with Gasteiger partial charge in [-0.15, -0.1) is 0 Å². The average Bonchev–Trinajstić information content (AvgIpc) is 2.93. The minimum Gasteiger partial charge on any atom is -0.481 e. The zero-order valence-electron chi connectivity index (χ0n) is 12.3. The van der Waals surface area contributed by atoms with Crippen LogP contribution in [0, 0.1) is 17.8 Å². The number of pyridine rings is 1. The van der Waals surface area contributed by atoms with Crippen LogP contribution in [0.4, 0.5) is 0 Å². The third kappa shape index (κ3) is 4.03. The molecule has 0 bridgehead atoms. The van der Waals surface area contributed by atoms with Crippen molar-refractivity contribution < 1.29 is 14.7 Å². The van der Waals surface area contributed by atoms with Gasteiger partial charge in [-0.25, -0.2) is 0 Å². The molecule has 1 heterocycles. The Bertz CT molecular complexity index is 490. The Morgan fingerprint density at radius 3 is 2.57 bits per heavy atom. The first-order valence-corrected chi connectivity index (χ1v) is 7.51. The van der Waals surface area contributed by atoms with E-state index in [1.807, 2.05) is 19.1 Å². The quantitative estimate of drug-likeness (QED) is 0.838. The van der Waals surface area contributed by atoms with E-state index in [9.17, 15) is 14.7 Å². The van der Waals surface area contributed by atoms with E-state index in [2.05, 4.69) is 10.3 Å². The molecule has 5 heteroatoms. The zero-order valence-corrected chi connectivity index (χ0v) is 12.3. The van der Waals surface area contributed by atoms with Crippen LogP contribution in [-0.4, -0.2) is 28.5 Å². The number of carbonyl (C=O) groups is 2. The van der Waals surface area contributed by atoms with Crippen LogP contribution in [-0.2, 0) is 16.0 Å². The number of hydrogen-bond acceptors (Lipinski definition) is 3. The van der Waals surface area contributed by atoms with E-state index in [0.29, 0.717) is 25.3 Å². The van der Waals surface area contributed by atoms with Crippen LogP contribution in [0.2, 0.25) is 0 Å². The molecule has 0 aliphatic heterocycles. The summed E-state index contributed by atoms with van der Waals surface area (Å²) >= 11 is 0. The Morgan fingerprint density at radius 2 is 1.95 bits per heavy atom. The van der Waals surface area contributed by atoms with Gasteiger partial charge in [0.15, 0.2) is 0 Å². The maximum atomic E-state index is 12.2. The number of aromatic nitrogens is 1. The van der Waals surface area contributed by atoms with Gasteiger partial charge in [-0.3, -0.25) is 14.6 Å². The summed E-state index contributed by atoms with van der Waals surface area (Å²) in [5, 5.41) is 12.1. The van der Waals surface area contributed by atoms with E-state index in [1.165, 1.54) is 0 Å². The predicted octanol–water partition coefficient (Wildman–Crippen LogP) is 1.88. The highest BCUT2D eigenvalue weighted by Gasteiger charge is 2.41. The summed E-state index contributed by atoms with van der Waals surface area (Å²) in [4.78, 5) is 27.5. The van der Waals surface area contributed by atoms with Crippen LogP contribution >= 0.6 is 0 Å². The predicted molar refractivity (Wildman–Crippen MR) is 78.6 cm³/mol. The van der Waals surface area contributed by atoms with Gasteiger partial charge in [0.1, 0.15) is 0 Å². The normalized spacial score (nSPS) is 24.7. The highest BCUT2D eigenvalue weighted by atomic mass is 16.4. The lowest BCUT2D eigenvalue weighted by Gasteiger charge is -2.15. The Kier molecular flexibility index (Phi) is 5.31. The lowest BCUT2D eigenvalue weighted by Crippen LogP contribution is -2.36. The summed E-state index contributed by atoms with van der Waals surface area (Å²) in [7, 11) is 0. The van der Waals surface area contributed by atoms with Crippen molar-refractivity contribution in [3.63, 3.8) is 0 Å². The van der Waals surface area contributed by atoms with Gasteiger partial charge in [0.2, 0.25) is 5.91 Å². The van der Waals surface area contributed by atoms with Crippen LogP contribution in [0.1, 0.15) is 31.7 Å². The molecule has 1 aliphatic rings. The van der Waals surface area contributed by atoms with Gasteiger partial charge >= 0.3 is 5.97 Å². The number of carboxylic acid groups (broad SMARTS) is 1. The number of carboxylic acids is 1. The Hall–Kier alpha value is -1.91. The van der Waals surface area contributed by atoms with Gasteiger partial charge in [-0.05, 0) is 42.9 Å². The summed E-state index contributed by atoms with van der Waals surface area (Å²) < 4.78 is 0. The molecule has 1 aromatic rings. The van der Waals surface area contributed by atoms with E-state index in [4.69, 9.17) is 0 Å². The van der Waals surface area contributed by atoms with Crippen molar-refractivity contribution in [2.24, 2.45) is 17.8 Å². The molecule has 1 aliphatic carbocycles. The van der Waals surface area contributed by atoms with Gasteiger partial charge in [0.05, 0.1) is 11.8 Å². The zero-order chi connectivity index (χ0) is 15.2. The van der Waals surface area contributed by atoms with E-state index in [0.717, 1.165) is 18.4 Å². The molecule has 1 aromatic heterocycles. The second kappa shape index (κ2) is 7.20. The van der Waals surface area contributed by atoms with Crippen LogP contribution < -0.4 is 5.32 Å². The molecule has 0 radical (unpaired) electrons. The Morgan fingerprint density at radius 1 is 1.29 bits per heavy atom. The van der Waals surface area contributed by atoms with Gasteiger partial charge < -0.3 is 10.4 Å². The molecule has 5 nitrogen and oxygen atoms in total. The molecule has 2 rings (SSSR count). The van der Waals surface area contributed by atoms with E-state index >= 15 is 0 Å². The number of hydrogen-bond donors (Lipinski definition) is 2. The number of aliphatic carboxylic acids is 1. The minimum absolute atomic E-state index is 0.118. The summed E-state index contributed by atoms with van der Waals surface area (Å²) in [6, 6.07) is 3.82. The van der Waals surface area contributed by atoms with Crippen molar-refractivity contribution in [2.45, 2.75) is 32.6 Å². The fraction of sp³-hybridized carbons (Fsp3) is 0.562. The number of amides is 1. The molecule has 1 fully saturated rings. The number of rotatable bonds is 6. The maximum absolute atomic E-state index is 12.2. The highest BCUT2D eigenvalue weighted by molar-refractivity contribution is 5.85. The summed E-state index contributed by atoms with van der Waals surface area (Å²) in [6.07, 6.45) is 6.42. The van der Waals surface area contributed by atoms with Crippen LogP contribution in [0.3, 0.4) is 0 Å². The smallest absolute Gasteiger partial charge is 0.307 e. The topological polar surface area (TPSA) is 79.3 Å². The molecular formula is C16H22N2O3. The molecule has 3 atom stereocenters. The first-order chi connectivity index (χ1) is 10.1. The molecule has 2 N–H and O–H groups in total. The van der Waals surface area contributed by atoms with Crippen LogP contribution in [0.25, 0.3) is 0 Å². The Balaban J connectivity index is 1.85. The van der Waals surface area contributed by atoms with Gasteiger partial charge in [0, 0.05) is 18.9 Å². The molecule has 0 aromatic carbocycles. The minimum atomic E-state index is -0.847. The van der Waals surface area contributed by atoms with Gasteiger partial charge in [0.25, 0.3) is 0 Å². The van der Waals surface area contributed by atoms with E-state index in [-0.39, 0.29) is 11.8 Å². The number of nitrogens with one attached hydrogen (secondary N) is 1. The summed E-state index contributed by atoms with van der Waals surface area (Å²) in [5.41, 5.74) is 1.11. The molecule has 114 valence electrons. The van der Waals surface area contributed by atoms with Crippen molar-refractivity contribution in [1.82, 2.24) is 10.3 Å². The lowest BCUT2D eigenvalue weighted by molar-refractivity contribution is -0.146. The van der Waals surface area contributed by atoms with Crippen molar-refractivity contribution in [3.8, 4) is 0 Å². The first kappa shape index (κ1) is 15.5. The third-order valence-electron chi connectivity index (χ3n) is 4.35. The molecular weight excluding hydrogens is 268 g/mol. The summed E-state index contributed by atoms with van der Waals surface area (Å²) in [6.45, 7) is 2.58. The van der Waals surface area contributed by atoms with Crippen molar-refractivity contribution in [2.75, 3.05) is 6.54 Å². The molecule has 1 saturated carbocycles. The number of carbonyl (C=O) groups excluding carboxylic acids is 1. The highest BCUT2D eigenvalue weighted by Crippen LogP contribution is 2.38. The summed E-state index contributed by atoms with van der Waals surface area (Å²) in [5.74, 6) is -1.53. The van der Waals surface area contributed by atoms with Crippen LogP contribution in [0.15, 0.2) is 24.5 Å². The lowest BCUT2D eigenvalue weighted by atomic mass is 9.95. The first-order valence-electron chi connectivity index (χ1n) is 7.51. The molecule has 1 amide bonds. The standard InChI is InChI=1S/C16H22N2O3/c1-2-11-9-13(14(10-11)16(20)21)15(19)18-8-5-12-3-6-17-7-4-12/h3-4,6-7,11,13-14H,2,5,8-10H2,1H3,(H,18,19)(H,20,21)/t11?,13-,14+/m0/s1. The third-order valence-corrected chi connectivity index (χ3v) is 4.35. The fourth-order valence-corrected chi connectivity index (χ4v) is 3.05. The van der Waals surface area contributed by atoms with Crippen LogP contribution in [0.5, 0.6) is 0 Å². The van der Waals surface area contributed by atoms with Crippen molar-refractivity contribution >= 4 is 11.9 Å². The maximum Gasteiger partial charge on any atom is 0.307 e. The number of nitrogens with zero attached hydrogens (tertiary/aromatic N) is 1. The Labute approximate surface area is 124 Å². The van der Waals surface area contributed by atoms with Crippen molar-refractivity contribution in [3.05, 3.63) is 30.1 Å². The SMILES string of the molecule is CCC1C[C@H](C(=O)NCCc2ccncc2)[C@H](C(=O)O)C1. The fourth-order valence-electron chi connectivity index (χ4n) is 3.05. The second-order valence-electron chi connectivity index (χ2n) is 5.69. The monoisotopic (exact) mass is 290 g/mol. The van der Waals surface area contributed by atoms with Gasteiger partial charge in [-0.1, -0.05) is 13.3 Å². The second-order valence-corrected chi connectivity index (χ2v) is 5.69. The van der Waals surface area contributed by atoms with Crippen molar-refractivity contribution in [1.29, 1.82) is 0 Å².